The zero-order chi connectivity index (χ0) is 34.3. The molecule has 0 aliphatic carbocycles. The lowest BCUT2D eigenvalue weighted by Gasteiger charge is -2.40. The predicted molar refractivity (Wildman–Crippen MR) is 162 cm³/mol. The molecule has 2 aliphatic heterocycles. The summed E-state index contributed by atoms with van der Waals surface area (Å²) < 4.78 is 60.8. The number of hydrogen-bond donors (Lipinski definition) is 3. The van der Waals surface area contributed by atoms with Crippen molar-refractivity contribution < 1.29 is 46.5 Å². The van der Waals surface area contributed by atoms with Crippen molar-refractivity contribution in [2.24, 2.45) is 5.73 Å². The zero-order valence-corrected chi connectivity index (χ0v) is 25.4. The molecule has 2 heterocycles. The van der Waals surface area contributed by atoms with Crippen molar-refractivity contribution in [3.63, 3.8) is 0 Å². The lowest BCUT2D eigenvalue weighted by atomic mass is 9.84. The summed E-state index contributed by atoms with van der Waals surface area (Å²) in [7, 11) is 0. The quantitative estimate of drug-likeness (QED) is 0.262. The molecule has 3 aromatic rings. The average Bonchev–Trinajstić information content (AvgIpc) is 3.26. The van der Waals surface area contributed by atoms with E-state index < -0.39 is 41.7 Å². The Balaban J connectivity index is 0.000000644. The van der Waals surface area contributed by atoms with E-state index in [-0.39, 0.29) is 25.1 Å². The standard InChI is InChI=1S/C32H35F2N3O3.C2HF3O2/c33-28-10-5-11-29(34)27(28)20-36(32(40)30(38)16-21-6-2-1-3-7-21)14-15-37-25-12-13-26(37)19-24(18-25)22-8-4-9-23(17-22)31(35)39;3-2(4,5)1(6)7/h1-11,17,24-26,30,38H,12-16,18-20H2,(H2,35,39);(H,6,7)/t24?,25-,26+,30-;/m0./s1. The molecule has 2 saturated heterocycles. The fraction of sp³-hybridized carbons (Fsp3) is 0.382. The van der Waals surface area contributed by atoms with Crippen LogP contribution in [-0.4, -0.2) is 75.2 Å². The predicted octanol–water partition coefficient (Wildman–Crippen LogP) is 5.04. The summed E-state index contributed by atoms with van der Waals surface area (Å²) >= 11 is 0. The molecule has 47 heavy (non-hydrogen) atoms. The number of aliphatic hydroxyl groups is 1. The number of aliphatic carboxylic acids is 1. The Kier molecular flexibility index (Phi) is 11.7. The van der Waals surface area contributed by atoms with Crippen molar-refractivity contribution in [1.29, 1.82) is 0 Å². The Bertz CT molecular complexity index is 1520. The maximum Gasteiger partial charge on any atom is 0.490 e. The van der Waals surface area contributed by atoms with E-state index in [1.54, 1.807) is 6.07 Å². The van der Waals surface area contributed by atoms with Gasteiger partial charge in [-0.3, -0.25) is 14.5 Å². The molecule has 5 rings (SSSR count). The zero-order valence-electron chi connectivity index (χ0n) is 25.4. The number of hydrogen-bond acceptors (Lipinski definition) is 5. The van der Waals surface area contributed by atoms with E-state index in [2.05, 4.69) is 4.90 Å². The number of nitrogens with zero attached hydrogens (tertiary/aromatic N) is 2. The number of aliphatic hydroxyl groups excluding tert-OH is 1. The second-order valence-corrected chi connectivity index (χ2v) is 11.7. The van der Waals surface area contributed by atoms with Gasteiger partial charge in [0.25, 0.3) is 5.91 Å². The van der Waals surface area contributed by atoms with Crippen LogP contribution in [0.5, 0.6) is 0 Å². The molecule has 1 unspecified atom stereocenters. The molecule has 3 aromatic carbocycles. The Morgan fingerprint density at radius 2 is 1.49 bits per heavy atom. The number of carboxylic acid groups (broad SMARTS) is 1. The van der Waals surface area contributed by atoms with Crippen molar-refractivity contribution in [1.82, 2.24) is 9.80 Å². The summed E-state index contributed by atoms with van der Waals surface area (Å²) in [4.78, 5) is 37.8. The number of halogens is 5. The van der Waals surface area contributed by atoms with E-state index in [1.165, 1.54) is 23.1 Å². The van der Waals surface area contributed by atoms with Gasteiger partial charge in [-0.15, -0.1) is 0 Å². The van der Waals surface area contributed by atoms with Crippen LogP contribution in [0.3, 0.4) is 0 Å². The minimum atomic E-state index is -5.08. The molecule has 0 aromatic heterocycles. The summed E-state index contributed by atoms with van der Waals surface area (Å²) in [5.41, 5.74) is 7.74. The molecule has 4 atom stereocenters. The van der Waals surface area contributed by atoms with Crippen LogP contribution in [0.25, 0.3) is 0 Å². The van der Waals surface area contributed by atoms with Crippen molar-refractivity contribution in [2.75, 3.05) is 13.1 Å². The molecule has 2 aliphatic rings. The van der Waals surface area contributed by atoms with Gasteiger partial charge in [0.15, 0.2) is 0 Å². The number of amides is 2. The van der Waals surface area contributed by atoms with Crippen LogP contribution >= 0.6 is 0 Å². The molecule has 0 radical (unpaired) electrons. The number of rotatable bonds is 10. The van der Waals surface area contributed by atoms with Gasteiger partial charge in [0, 0.05) is 42.7 Å². The summed E-state index contributed by atoms with van der Waals surface area (Å²) in [6.45, 7) is 0.533. The van der Waals surface area contributed by atoms with Crippen LogP contribution < -0.4 is 5.73 Å². The van der Waals surface area contributed by atoms with E-state index >= 15 is 0 Å². The van der Waals surface area contributed by atoms with Crippen molar-refractivity contribution in [3.8, 4) is 0 Å². The smallest absolute Gasteiger partial charge is 0.475 e. The summed E-state index contributed by atoms with van der Waals surface area (Å²) in [5, 5.41) is 17.9. The highest BCUT2D eigenvalue weighted by atomic mass is 19.4. The summed E-state index contributed by atoms with van der Waals surface area (Å²) in [6, 6.07) is 21.0. The third-order valence-electron chi connectivity index (χ3n) is 8.68. The maximum atomic E-state index is 14.6. The number of carbonyl (C=O) groups is 3. The van der Waals surface area contributed by atoms with Gasteiger partial charge in [0.1, 0.15) is 17.7 Å². The van der Waals surface area contributed by atoms with Crippen molar-refractivity contribution in [3.05, 3.63) is 107 Å². The van der Waals surface area contributed by atoms with E-state index in [0.717, 1.165) is 36.8 Å². The van der Waals surface area contributed by atoms with Gasteiger partial charge in [0.05, 0.1) is 6.54 Å². The van der Waals surface area contributed by atoms with Crippen LogP contribution in [-0.2, 0) is 22.6 Å². The van der Waals surface area contributed by atoms with E-state index in [4.69, 9.17) is 15.6 Å². The van der Waals surface area contributed by atoms with Gasteiger partial charge < -0.3 is 20.8 Å². The lowest BCUT2D eigenvalue weighted by molar-refractivity contribution is -0.192. The lowest BCUT2D eigenvalue weighted by Crippen LogP contribution is -2.48. The molecular weight excluding hydrogens is 625 g/mol. The van der Waals surface area contributed by atoms with Gasteiger partial charge in [-0.2, -0.15) is 13.2 Å². The van der Waals surface area contributed by atoms with Crippen molar-refractivity contribution in [2.45, 2.75) is 68.9 Å². The SMILES string of the molecule is NC(=O)c1cccc(C2C[C@H]3CC[C@@H](C2)N3CCN(Cc2c(F)cccc2F)C(=O)[C@@H](O)Cc2ccccc2)c1.O=C(O)C(F)(F)F. The van der Waals surface area contributed by atoms with E-state index in [1.807, 2.05) is 48.5 Å². The first kappa shape index (κ1) is 35.5. The topological polar surface area (TPSA) is 124 Å². The van der Waals surface area contributed by atoms with Gasteiger partial charge >= 0.3 is 12.1 Å². The fourth-order valence-electron chi connectivity index (χ4n) is 6.37. The molecular formula is C34H36F5N3O5. The number of nitrogens with two attached hydrogens (primary N) is 1. The normalized spacial score (nSPS) is 19.7. The first-order valence-corrected chi connectivity index (χ1v) is 15.1. The summed E-state index contributed by atoms with van der Waals surface area (Å²) in [6.07, 6.45) is -2.38. The van der Waals surface area contributed by atoms with Gasteiger partial charge in [-0.1, -0.05) is 48.5 Å². The Morgan fingerprint density at radius 3 is 2.04 bits per heavy atom. The Hall–Kier alpha value is -4.36. The first-order valence-electron chi connectivity index (χ1n) is 15.1. The van der Waals surface area contributed by atoms with Gasteiger partial charge in [0.2, 0.25) is 5.91 Å². The highest BCUT2D eigenvalue weighted by Gasteiger charge is 2.41. The average molecular weight is 662 g/mol. The molecule has 0 spiro atoms. The third kappa shape index (κ3) is 9.35. The number of carboxylic acids is 1. The minimum absolute atomic E-state index is 0.122. The third-order valence-corrected chi connectivity index (χ3v) is 8.68. The van der Waals surface area contributed by atoms with Crippen LogP contribution in [0, 0.1) is 11.6 Å². The number of benzene rings is 3. The van der Waals surface area contributed by atoms with Crippen LogP contribution in [0.2, 0.25) is 0 Å². The molecule has 0 saturated carbocycles. The Labute approximate surface area is 268 Å². The fourth-order valence-corrected chi connectivity index (χ4v) is 6.37. The number of fused-ring (bicyclic) bond motifs is 2. The highest BCUT2D eigenvalue weighted by molar-refractivity contribution is 5.92. The largest absolute Gasteiger partial charge is 0.490 e. The van der Waals surface area contributed by atoms with Crippen LogP contribution in [0.15, 0.2) is 72.8 Å². The second-order valence-electron chi connectivity index (χ2n) is 11.7. The second kappa shape index (κ2) is 15.5. The van der Waals surface area contributed by atoms with Crippen LogP contribution in [0.4, 0.5) is 22.0 Å². The Morgan fingerprint density at radius 1 is 0.915 bits per heavy atom. The number of piperidine rings is 1. The molecule has 8 nitrogen and oxygen atoms in total. The minimum Gasteiger partial charge on any atom is -0.475 e. The molecule has 13 heteroatoms. The summed E-state index contributed by atoms with van der Waals surface area (Å²) in [5.74, 6) is -4.85. The highest BCUT2D eigenvalue weighted by Crippen LogP contribution is 2.43. The van der Waals surface area contributed by atoms with Crippen LogP contribution in [0.1, 0.15) is 58.6 Å². The molecule has 2 bridgehead atoms. The number of alkyl halides is 3. The van der Waals surface area contributed by atoms with Crippen molar-refractivity contribution >= 4 is 17.8 Å². The molecule has 2 fully saturated rings. The maximum absolute atomic E-state index is 14.6. The van der Waals surface area contributed by atoms with E-state index in [9.17, 15) is 36.6 Å². The molecule has 2 amide bonds. The monoisotopic (exact) mass is 661 g/mol. The molecule has 4 N–H and O–H groups in total. The number of primary amides is 1. The van der Waals surface area contributed by atoms with E-state index in [0.29, 0.717) is 30.1 Å². The molecule has 252 valence electrons. The van der Waals surface area contributed by atoms with Gasteiger partial charge in [-0.05, 0) is 67.0 Å². The van der Waals surface area contributed by atoms with Gasteiger partial charge in [-0.25, -0.2) is 13.6 Å². The first-order chi connectivity index (χ1) is 22.2. The number of carbonyl (C=O) groups excluding carboxylic acids is 2.